The Morgan fingerprint density at radius 3 is 2.76 bits per heavy atom. The molecule has 4 rings (SSSR count). The summed E-state index contributed by atoms with van der Waals surface area (Å²) < 4.78 is 21.7. The Labute approximate surface area is 173 Å². The molecule has 0 unspecified atom stereocenters. The average molecular weight is 458 g/mol. The van der Waals surface area contributed by atoms with Crippen LogP contribution in [0.2, 0.25) is 0 Å². The van der Waals surface area contributed by atoms with Crippen molar-refractivity contribution >= 4 is 32.8 Å². The molecule has 0 spiro atoms. The minimum absolute atomic E-state index is 0.161. The first-order valence-corrected chi connectivity index (χ1v) is 9.38. The second kappa shape index (κ2) is 7.96. The number of fused-ring (bicyclic) bond motifs is 1. The highest BCUT2D eigenvalue weighted by atomic mass is 79.9. The Morgan fingerprint density at radius 2 is 2.00 bits per heavy atom. The van der Waals surface area contributed by atoms with E-state index in [2.05, 4.69) is 31.1 Å². The SMILES string of the molecule is COc1ccc(-c2noc(COC(=O)c3[nH]c4ccccc4c3Br)n2)c(OC)c1. The number of ether oxygens (including phenoxy) is 3. The van der Waals surface area contributed by atoms with Crippen molar-refractivity contribution in [1.29, 1.82) is 0 Å². The molecule has 29 heavy (non-hydrogen) atoms. The maximum atomic E-state index is 12.4. The lowest BCUT2D eigenvalue weighted by atomic mass is 10.2. The van der Waals surface area contributed by atoms with Gasteiger partial charge in [0, 0.05) is 17.0 Å². The molecule has 2 aromatic heterocycles. The highest BCUT2D eigenvalue weighted by molar-refractivity contribution is 9.10. The van der Waals surface area contributed by atoms with Gasteiger partial charge in [0.05, 0.1) is 24.3 Å². The molecule has 8 nitrogen and oxygen atoms in total. The molecular formula is C20H16BrN3O5. The minimum atomic E-state index is -0.533. The largest absolute Gasteiger partial charge is 0.497 e. The molecule has 0 radical (unpaired) electrons. The first kappa shape index (κ1) is 19.0. The number of esters is 1. The number of halogens is 1. The normalized spacial score (nSPS) is 10.9. The van der Waals surface area contributed by atoms with Gasteiger partial charge in [0.1, 0.15) is 17.2 Å². The van der Waals surface area contributed by atoms with Crippen LogP contribution in [-0.4, -0.2) is 35.3 Å². The first-order chi connectivity index (χ1) is 14.1. The molecule has 0 aliphatic heterocycles. The van der Waals surface area contributed by atoms with Crippen molar-refractivity contribution < 1.29 is 23.5 Å². The topological polar surface area (TPSA) is 99.5 Å². The number of hydrogen-bond acceptors (Lipinski definition) is 7. The molecule has 9 heteroatoms. The minimum Gasteiger partial charge on any atom is -0.497 e. The molecule has 0 fully saturated rings. The smallest absolute Gasteiger partial charge is 0.356 e. The van der Waals surface area contributed by atoms with Crippen LogP contribution in [0.4, 0.5) is 0 Å². The number of aromatic amines is 1. The zero-order valence-corrected chi connectivity index (χ0v) is 17.1. The number of carbonyl (C=O) groups is 1. The summed E-state index contributed by atoms with van der Waals surface area (Å²) in [6.07, 6.45) is 0. The summed E-state index contributed by atoms with van der Waals surface area (Å²) in [5, 5.41) is 4.83. The third kappa shape index (κ3) is 3.68. The van der Waals surface area contributed by atoms with E-state index in [9.17, 15) is 4.79 Å². The molecule has 0 aliphatic rings. The predicted molar refractivity (Wildman–Crippen MR) is 108 cm³/mol. The number of nitrogens with one attached hydrogen (secondary N) is 1. The summed E-state index contributed by atoms with van der Waals surface area (Å²) in [4.78, 5) is 19.8. The second-order valence-corrected chi connectivity index (χ2v) is 6.81. The van der Waals surface area contributed by atoms with Gasteiger partial charge in [0.25, 0.3) is 5.89 Å². The molecule has 148 valence electrons. The summed E-state index contributed by atoms with van der Waals surface area (Å²) in [5.74, 6) is 1.14. The number of methoxy groups -OCH3 is 2. The van der Waals surface area contributed by atoms with Gasteiger partial charge in [-0.25, -0.2) is 4.79 Å². The van der Waals surface area contributed by atoms with E-state index in [1.165, 1.54) is 0 Å². The summed E-state index contributed by atoms with van der Waals surface area (Å²) in [5.41, 5.74) is 1.79. The van der Waals surface area contributed by atoms with Crippen LogP contribution in [0.1, 0.15) is 16.4 Å². The van der Waals surface area contributed by atoms with Gasteiger partial charge in [0.15, 0.2) is 6.61 Å². The van der Waals surface area contributed by atoms with E-state index in [-0.39, 0.29) is 12.5 Å². The summed E-state index contributed by atoms with van der Waals surface area (Å²) >= 11 is 3.43. The molecule has 0 amide bonds. The van der Waals surface area contributed by atoms with Crippen molar-refractivity contribution in [2.45, 2.75) is 6.61 Å². The van der Waals surface area contributed by atoms with E-state index in [1.54, 1.807) is 32.4 Å². The van der Waals surface area contributed by atoms with Gasteiger partial charge >= 0.3 is 5.97 Å². The van der Waals surface area contributed by atoms with Gasteiger partial charge in [-0.05, 0) is 34.1 Å². The standard InChI is InChI=1S/C20H16BrN3O5/c1-26-11-7-8-13(15(9-11)27-2)19-23-16(29-24-19)10-28-20(25)18-17(21)12-5-3-4-6-14(12)22-18/h3-9,22H,10H2,1-2H3. The zero-order chi connectivity index (χ0) is 20.4. The van der Waals surface area contributed by atoms with Crippen LogP contribution in [0.3, 0.4) is 0 Å². The maximum Gasteiger partial charge on any atom is 0.356 e. The second-order valence-electron chi connectivity index (χ2n) is 6.01. The van der Waals surface area contributed by atoms with E-state index < -0.39 is 5.97 Å². The van der Waals surface area contributed by atoms with Gasteiger partial charge in [-0.15, -0.1) is 0 Å². The summed E-state index contributed by atoms with van der Waals surface area (Å²) in [6, 6.07) is 12.8. The van der Waals surface area contributed by atoms with Crippen molar-refractivity contribution in [3.05, 3.63) is 58.5 Å². The third-order valence-corrected chi connectivity index (χ3v) is 5.11. The predicted octanol–water partition coefficient (Wildman–Crippen LogP) is 4.35. The fourth-order valence-electron chi connectivity index (χ4n) is 2.85. The van der Waals surface area contributed by atoms with Gasteiger partial charge in [0.2, 0.25) is 5.82 Å². The quantitative estimate of drug-likeness (QED) is 0.429. The molecular weight excluding hydrogens is 442 g/mol. The van der Waals surface area contributed by atoms with Crippen molar-refractivity contribution in [3.63, 3.8) is 0 Å². The van der Waals surface area contributed by atoms with Crippen molar-refractivity contribution in [2.75, 3.05) is 14.2 Å². The number of hydrogen-bond donors (Lipinski definition) is 1. The average Bonchev–Trinajstić information content (AvgIpc) is 3.36. The van der Waals surface area contributed by atoms with Crippen LogP contribution >= 0.6 is 15.9 Å². The van der Waals surface area contributed by atoms with Crippen LogP contribution in [0.15, 0.2) is 51.5 Å². The van der Waals surface area contributed by atoms with Crippen molar-refractivity contribution in [2.24, 2.45) is 0 Å². The van der Waals surface area contributed by atoms with E-state index >= 15 is 0 Å². The zero-order valence-electron chi connectivity index (χ0n) is 15.6. The molecule has 0 saturated heterocycles. The Morgan fingerprint density at radius 1 is 1.17 bits per heavy atom. The van der Waals surface area contributed by atoms with Crippen LogP contribution < -0.4 is 9.47 Å². The fourth-order valence-corrected chi connectivity index (χ4v) is 3.46. The van der Waals surface area contributed by atoms with Crippen molar-refractivity contribution in [1.82, 2.24) is 15.1 Å². The van der Waals surface area contributed by atoms with E-state index in [4.69, 9.17) is 18.7 Å². The van der Waals surface area contributed by atoms with Crippen LogP contribution in [-0.2, 0) is 11.3 Å². The van der Waals surface area contributed by atoms with Gasteiger partial charge < -0.3 is 23.7 Å². The Kier molecular flexibility index (Phi) is 5.22. The number of para-hydroxylation sites is 1. The number of rotatable bonds is 6. The monoisotopic (exact) mass is 457 g/mol. The molecule has 0 atom stereocenters. The van der Waals surface area contributed by atoms with E-state index in [1.807, 2.05) is 24.3 Å². The number of aromatic nitrogens is 3. The van der Waals surface area contributed by atoms with Crippen molar-refractivity contribution in [3.8, 4) is 22.9 Å². The molecule has 0 aliphatic carbocycles. The highest BCUT2D eigenvalue weighted by Crippen LogP contribution is 2.32. The first-order valence-electron chi connectivity index (χ1n) is 8.59. The number of nitrogens with zero attached hydrogens (tertiary/aromatic N) is 2. The lowest BCUT2D eigenvalue weighted by Gasteiger charge is -2.07. The lowest BCUT2D eigenvalue weighted by Crippen LogP contribution is -2.06. The summed E-state index contributed by atoms with van der Waals surface area (Å²) in [7, 11) is 3.11. The van der Waals surface area contributed by atoms with Gasteiger partial charge in [-0.3, -0.25) is 0 Å². The summed E-state index contributed by atoms with van der Waals surface area (Å²) in [6.45, 7) is -0.161. The van der Waals surface area contributed by atoms with E-state index in [0.717, 1.165) is 10.9 Å². The number of carbonyl (C=O) groups excluding carboxylic acids is 1. The Balaban J connectivity index is 1.49. The fraction of sp³-hybridized carbons (Fsp3) is 0.150. The molecule has 0 bridgehead atoms. The molecule has 0 saturated carbocycles. The Hall–Kier alpha value is -3.33. The van der Waals surface area contributed by atoms with Gasteiger partial charge in [-0.1, -0.05) is 23.4 Å². The third-order valence-electron chi connectivity index (χ3n) is 4.29. The van der Waals surface area contributed by atoms with Crippen LogP contribution in [0.25, 0.3) is 22.3 Å². The lowest BCUT2D eigenvalue weighted by molar-refractivity contribution is 0.0423. The van der Waals surface area contributed by atoms with E-state index in [0.29, 0.717) is 33.1 Å². The van der Waals surface area contributed by atoms with Crippen LogP contribution in [0.5, 0.6) is 11.5 Å². The molecule has 2 aromatic carbocycles. The number of benzene rings is 2. The molecule has 2 heterocycles. The molecule has 1 N–H and O–H groups in total. The Bertz CT molecular complexity index is 1180. The highest BCUT2D eigenvalue weighted by Gasteiger charge is 2.19. The van der Waals surface area contributed by atoms with Crippen LogP contribution in [0, 0.1) is 0 Å². The van der Waals surface area contributed by atoms with Gasteiger partial charge in [-0.2, -0.15) is 4.98 Å². The molecule has 4 aromatic rings. The number of H-pyrrole nitrogens is 1. The maximum absolute atomic E-state index is 12.4.